The maximum Gasteiger partial charge on any atom is 0.262 e. The number of anilines is 1. The first-order valence-corrected chi connectivity index (χ1v) is 14.6. The Kier molecular flexibility index (Phi) is 7.62. The summed E-state index contributed by atoms with van der Waals surface area (Å²) in [7, 11) is 0. The van der Waals surface area contributed by atoms with E-state index in [0.29, 0.717) is 49.6 Å². The van der Waals surface area contributed by atoms with Gasteiger partial charge in [-0.15, -0.1) is 11.3 Å². The topological polar surface area (TPSA) is 175 Å². The first-order valence-electron chi connectivity index (χ1n) is 13.8. The van der Waals surface area contributed by atoms with Crippen molar-refractivity contribution in [1.82, 2.24) is 15.6 Å². The van der Waals surface area contributed by atoms with Crippen molar-refractivity contribution >= 4 is 44.7 Å². The molecule has 4 atom stereocenters. The summed E-state index contributed by atoms with van der Waals surface area (Å²) in [5.41, 5.74) is 21.1. The van der Waals surface area contributed by atoms with Crippen molar-refractivity contribution in [3.8, 4) is 5.88 Å². The quantitative estimate of drug-likeness (QED) is 0.211. The van der Waals surface area contributed by atoms with Crippen LogP contribution in [0.5, 0.6) is 5.88 Å². The number of hydrogen-bond donors (Lipinski definition) is 5. The summed E-state index contributed by atoms with van der Waals surface area (Å²) in [6, 6.07) is 3.52. The minimum atomic E-state index is -1.61. The molecule has 41 heavy (non-hydrogen) atoms. The van der Waals surface area contributed by atoms with Crippen molar-refractivity contribution in [2.24, 2.45) is 11.5 Å². The van der Waals surface area contributed by atoms with E-state index in [1.54, 1.807) is 24.4 Å². The summed E-state index contributed by atoms with van der Waals surface area (Å²) >= 11 is 1.20. The number of nitrogen functional groups attached to an aromatic ring is 1. The summed E-state index contributed by atoms with van der Waals surface area (Å²) < 4.78 is 6.37. The molecule has 0 spiro atoms. The Morgan fingerprint density at radius 3 is 2.51 bits per heavy atom. The molecule has 216 valence electrons. The number of aryl methyl sites for hydroxylation is 1. The minimum absolute atomic E-state index is 0.0684. The highest BCUT2D eigenvalue weighted by Crippen LogP contribution is 2.50. The van der Waals surface area contributed by atoms with E-state index in [-0.39, 0.29) is 30.0 Å². The molecule has 2 aromatic heterocycles. The molecule has 10 nitrogen and oxygen atoms in total. The zero-order valence-corrected chi connectivity index (χ0v) is 24.3. The number of carbonyl (C=O) groups is 3. The number of carbonyl (C=O) groups excluding carboxylic acids is 3. The van der Waals surface area contributed by atoms with Gasteiger partial charge in [0, 0.05) is 46.5 Å². The van der Waals surface area contributed by atoms with E-state index in [9.17, 15) is 14.4 Å². The molecule has 1 saturated carbocycles. The zero-order chi connectivity index (χ0) is 29.6. The highest BCUT2D eigenvalue weighted by atomic mass is 32.1. The van der Waals surface area contributed by atoms with Crippen LogP contribution in [-0.4, -0.2) is 40.8 Å². The second-order valence-electron chi connectivity index (χ2n) is 11.1. The Balaban J connectivity index is 1.59. The fourth-order valence-corrected chi connectivity index (χ4v) is 7.23. The highest BCUT2D eigenvalue weighted by Gasteiger charge is 2.49. The number of Topliss-reactive ketones (excluding diaryl/α,β-unsaturated/α-hetero) is 1. The average Bonchev–Trinajstić information content (AvgIpc) is 3.34. The number of nitrogens with zero attached hydrogens (tertiary/aromatic N) is 1. The molecular formula is C30H36N6O4S. The van der Waals surface area contributed by atoms with E-state index in [0.717, 1.165) is 24.8 Å². The normalized spacial score (nSPS) is 23.9. The highest BCUT2D eigenvalue weighted by molar-refractivity contribution is 7.21. The van der Waals surface area contributed by atoms with Gasteiger partial charge in [0.15, 0.2) is 5.78 Å². The molecule has 5 rings (SSSR count). The van der Waals surface area contributed by atoms with Crippen LogP contribution in [0.25, 0.3) is 10.1 Å². The lowest BCUT2D eigenvalue weighted by atomic mass is 9.70. The van der Waals surface area contributed by atoms with Gasteiger partial charge in [-0.2, -0.15) is 0 Å². The molecule has 2 amide bonds. The van der Waals surface area contributed by atoms with Gasteiger partial charge in [-0.05, 0) is 56.9 Å². The Morgan fingerprint density at radius 2 is 1.88 bits per heavy atom. The van der Waals surface area contributed by atoms with Gasteiger partial charge < -0.3 is 32.6 Å². The number of nitrogens with one attached hydrogen (secondary N) is 2. The third kappa shape index (κ3) is 4.87. The molecule has 1 fully saturated rings. The SMILES string of the molecule is C=CC(=O)N[C@H]1CCCC[C@H]1NC(=O)c1sc2c(N)ccc3c2c1C(N)C(=O)C3(N)c1cnc(OC(C)C)cc1C. The number of rotatable bonds is 7. The number of aromatic nitrogens is 1. The largest absolute Gasteiger partial charge is 0.475 e. The number of pyridine rings is 1. The Hall–Kier alpha value is -3.80. The predicted octanol–water partition coefficient (Wildman–Crippen LogP) is 3.10. The molecule has 2 heterocycles. The number of hydrogen-bond acceptors (Lipinski definition) is 9. The number of thiophene rings is 1. The van der Waals surface area contributed by atoms with Crippen LogP contribution in [0.3, 0.4) is 0 Å². The molecule has 11 heteroatoms. The maximum atomic E-state index is 14.1. The molecule has 0 bridgehead atoms. The fraction of sp³-hybridized carbons (Fsp3) is 0.400. The lowest BCUT2D eigenvalue weighted by Crippen LogP contribution is -2.54. The first kappa shape index (κ1) is 28.7. The molecule has 0 saturated heterocycles. The molecule has 8 N–H and O–H groups in total. The van der Waals surface area contributed by atoms with Crippen molar-refractivity contribution in [2.75, 3.05) is 5.73 Å². The molecular weight excluding hydrogens is 540 g/mol. The van der Waals surface area contributed by atoms with Gasteiger partial charge in [0.25, 0.3) is 5.91 Å². The smallest absolute Gasteiger partial charge is 0.262 e. The second kappa shape index (κ2) is 10.9. The Labute approximate surface area is 242 Å². The second-order valence-corrected chi connectivity index (χ2v) is 12.1. The van der Waals surface area contributed by atoms with Crippen LogP contribution in [0.1, 0.15) is 77.5 Å². The number of amides is 2. The number of benzene rings is 1. The van der Waals surface area contributed by atoms with Gasteiger partial charge in [0.2, 0.25) is 11.8 Å². The van der Waals surface area contributed by atoms with Crippen LogP contribution < -0.4 is 32.6 Å². The van der Waals surface area contributed by atoms with Gasteiger partial charge in [-0.25, -0.2) is 4.98 Å². The summed E-state index contributed by atoms with van der Waals surface area (Å²) in [5, 5.41) is 6.64. The van der Waals surface area contributed by atoms with E-state index >= 15 is 0 Å². The van der Waals surface area contributed by atoms with Crippen LogP contribution in [0.15, 0.2) is 37.1 Å². The average molecular weight is 577 g/mol. The van der Waals surface area contributed by atoms with Gasteiger partial charge in [-0.1, -0.05) is 25.5 Å². The van der Waals surface area contributed by atoms with E-state index in [2.05, 4.69) is 22.2 Å². The third-order valence-electron chi connectivity index (χ3n) is 7.98. The van der Waals surface area contributed by atoms with E-state index in [1.165, 1.54) is 17.4 Å². The number of nitrogens with two attached hydrogens (primary N) is 3. The molecule has 2 aliphatic rings. The fourth-order valence-electron chi connectivity index (χ4n) is 6.03. The Morgan fingerprint density at radius 1 is 1.20 bits per heavy atom. The lowest BCUT2D eigenvalue weighted by molar-refractivity contribution is -0.124. The van der Waals surface area contributed by atoms with Gasteiger partial charge in [-0.3, -0.25) is 14.4 Å². The van der Waals surface area contributed by atoms with Gasteiger partial charge in [0.1, 0.15) is 5.54 Å². The molecule has 0 aliphatic heterocycles. The van der Waals surface area contributed by atoms with E-state index in [1.807, 2.05) is 20.8 Å². The van der Waals surface area contributed by atoms with Crippen molar-refractivity contribution in [2.45, 2.75) is 76.2 Å². The van der Waals surface area contributed by atoms with Crippen molar-refractivity contribution in [3.05, 3.63) is 64.2 Å². The minimum Gasteiger partial charge on any atom is -0.475 e. The van der Waals surface area contributed by atoms with Crippen LogP contribution >= 0.6 is 11.3 Å². The summed E-state index contributed by atoms with van der Waals surface area (Å²) in [4.78, 5) is 44.6. The van der Waals surface area contributed by atoms with Crippen LogP contribution in [0.4, 0.5) is 5.69 Å². The Bertz CT molecular complexity index is 1570. The van der Waals surface area contributed by atoms with E-state index < -0.39 is 17.4 Å². The molecule has 1 aromatic carbocycles. The maximum absolute atomic E-state index is 14.1. The standard InChI is InChI=1S/C30H36N6O4S/c1-5-21(37)35-19-8-6-7-9-20(19)36-29(39)27-24-23-16(10-11-18(31)26(23)41-27)30(33,28(38)25(24)32)17-13-34-22(12-15(17)4)40-14(2)3/h5,10-14,19-20,25H,1,6-9,31-33H2,2-4H3,(H,35,37)(H,36,39)/t19-,20+,25?,30?/m0/s1. The number of ketones is 1. The van der Waals surface area contributed by atoms with Crippen LogP contribution in [-0.2, 0) is 15.1 Å². The zero-order valence-electron chi connectivity index (χ0n) is 23.5. The van der Waals surface area contributed by atoms with Crippen molar-refractivity contribution in [1.29, 1.82) is 0 Å². The first-order chi connectivity index (χ1) is 19.5. The summed E-state index contributed by atoms with van der Waals surface area (Å²) in [6.07, 6.45) is 6.03. The van der Waals surface area contributed by atoms with Crippen molar-refractivity contribution < 1.29 is 19.1 Å². The third-order valence-corrected chi connectivity index (χ3v) is 9.24. The van der Waals surface area contributed by atoms with Gasteiger partial charge in [0.05, 0.1) is 21.7 Å². The summed E-state index contributed by atoms with van der Waals surface area (Å²) in [6.45, 7) is 9.18. The van der Waals surface area contributed by atoms with E-state index in [4.69, 9.17) is 21.9 Å². The molecule has 2 aliphatic carbocycles. The monoisotopic (exact) mass is 576 g/mol. The van der Waals surface area contributed by atoms with Gasteiger partial charge >= 0.3 is 0 Å². The van der Waals surface area contributed by atoms with Crippen molar-refractivity contribution in [3.63, 3.8) is 0 Å². The molecule has 0 radical (unpaired) electrons. The van der Waals surface area contributed by atoms with Crippen LogP contribution in [0.2, 0.25) is 0 Å². The summed E-state index contributed by atoms with van der Waals surface area (Å²) in [5.74, 6) is -0.664. The van der Waals surface area contributed by atoms with Crippen LogP contribution in [0, 0.1) is 6.92 Å². The predicted molar refractivity (Wildman–Crippen MR) is 160 cm³/mol. The lowest BCUT2D eigenvalue weighted by Gasteiger charge is -2.37. The number of ether oxygens (including phenoxy) is 1. The molecule has 3 aromatic rings. The molecule has 2 unspecified atom stereocenters.